The predicted molar refractivity (Wildman–Crippen MR) is 84.8 cm³/mol. The van der Waals surface area contributed by atoms with Gasteiger partial charge in [-0.25, -0.2) is 0 Å². The van der Waals surface area contributed by atoms with Crippen LogP contribution in [0.5, 0.6) is 5.75 Å². The SMILES string of the molecule is CCN1C(=O)C(C#N)=C(C)/C(=N/Nc2cccc(OC)c2)C1=O. The first kappa shape index (κ1) is 16.2. The molecule has 0 bridgehead atoms. The minimum absolute atomic E-state index is 0.0471. The molecule has 0 aliphatic carbocycles. The highest BCUT2D eigenvalue weighted by Gasteiger charge is 2.35. The monoisotopic (exact) mass is 312 g/mol. The number of imide groups is 1. The number of nitriles is 1. The first-order chi connectivity index (χ1) is 11.0. The lowest BCUT2D eigenvalue weighted by Gasteiger charge is -2.25. The molecule has 1 aromatic rings. The summed E-state index contributed by atoms with van der Waals surface area (Å²) >= 11 is 0. The third-order valence-electron chi connectivity index (χ3n) is 3.43. The normalized spacial score (nSPS) is 16.6. The number of hydrazone groups is 1. The largest absolute Gasteiger partial charge is 0.497 e. The molecule has 0 unspecified atom stereocenters. The van der Waals surface area contributed by atoms with Crippen LogP contribution in [-0.4, -0.2) is 36.1 Å². The van der Waals surface area contributed by atoms with E-state index in [0.717, 1.165) is 4.90 Å². The first-order valence-electron chi connectivity index (χ1n) is 6.98. The Balaban J connectivity index is 2.39. The van der Waals surface area contributed by atoms with Crippen molar-refractivity contribution in [1.82, 2.24) is 4.90 Å². The number of methoxy groups -OCH3 is 1. The second-order valence-corrected chi connectivity index (χ2v) is 4.77. The van der Waals surface area contributed by atoms with Crippen LogP contribution in [0.15, 0.2) is 40.5 Å². The number of anilines is 1. The van der Waals surface area contributed by atoms with Gasteiger partial charge in [0.2, 0.25) is 0 Å². The van der Waals surface area contributed by atoms with Gasteiger partial charge in [-0.15, -0.1) is 0 Å². The van der Waals surface area contributed by atoms with Gasteiger partial charge < -0.3 is 4.74 Å². The average Bonchev–Trinajstić information content (AvgIpc) is 2.55. The Morgan fingerprint density at radius 3 is 2.70 bits per heavy atom. The van der Waals surface area contributed by atoms with E-state index in [1.807, 2.05) is 6.07 Å². The van der Waals surface area contributed by atoms with E-state index in [4.69, 9.17) is 10.00 Å². The molecule has 0 saturated heterocycles. The highest BCUT2D eigenvalue weighted by Crippen LogP contribution is 2.20. The van der Waals surface area contributed by atoms with Crippen molar-refractivity contribution in [3.05, 3.63) is 35.4 Å². The molecule has 2 amide bonds. The van der Waals surface area contributed by atoms with Gasteiger partial charge in [0.1, 0.15) is 17.4 Å². The van der Waals surface area contributed by atoms with E-state index in [2.05, 4.69) is 10.5 Å². The van der Waals surface area contributed by atoms with Crippen LogP contribution in [0.2, 0.25) is 0 Å². The van der Waals surface area contributed by atoms with Crippen molar-refractivity contribution in [3.63, 3.8) is 0 Å². The Labute approximate surface area is 133 Å². The summed E-state index contributed by atoms with van der Waals surface area (Å²) in [6.45, 7) is 3.38. The molecule has 1 aliphatic rings. The van der Waals surface area contributed by atoms with E-state index in [0.29, 0.717) is 11.4 Å². The van der Waals surface area contributed by atoms with Gasteiger partial charge in [0.25, 0.3) is 11.8 Å². The van der Waals surface area contributed by atoms with Gasteiger partial charge in [-0.3, -0.25) is 19.9 Å². The lowest BCUT2D eigenvalue weighted by Crippen LogP contribution is -2.46. The van der Waals surface area contributed by atoms with E-state index < -0.39 is 11.8 Å². The van der Waals surface area contributed by atoms with Crippen LogP contribution in [0.25, 0.3) is 0 Å². The fraction of sp³-hybridized carbons (Fsp3) is 0.250. The molecule has 0 saturated carbocycles. The summed E-state index contributed by atoms with van der Waals surface area (Å²) in [5.41, 5.74) is 3.62. The lowest BCUT2D eigenvalue weighted by molar-refractivity contribution is -0.138. The fourth-order valence-electron chi connectivity index (χ4n) is 2.16. The molecule has 0 atom stereocenters. The van der Waals surface area contributed by atoms with Crippen LogP contribution >= 0.6 is 0 Å². The first-order valence-corrected chi connectivity index (χ1v) is 6.98. The summed E-state index contributed by atoms with van der Waals surface area (Å²) in [5.74, 6) is -0.470. The molecule has 2 rings (SSSR count). The van der Waals surface area contributed by atoms with Crippen molar-refractivity contribution in [2.75, 3.05) is 19.1 Å². The maximum absolute atomic E-state index is 12.3. The Kier molecular flexibility index (Phi) is 4.76. The molecule has 0 radical (unpaired) electrons. The number of carbonyl (C=O) groups is 2. The van der Waals surface area contributed by atoms with Crippen molar-refractivity contribution in [1.29, 1.82) is 5.26 Å². The molecule has 0 fully saturated rings. The van der Waals surface area contributed by atoms with Gasteiger partial charge in [0, 0.05) is 18.2 Å². The van der Waals surface area contributed by atoms with Crippen molar-refractivity contribution in [2.24, 2.45) is 5.10 Å². The number of carbonyl (C=O) groups excluding carboxylic acids is 2. The molecule has 23 heavy (non-hydrogen) atoms. The number of benzene rings is 1. The summed E-state index contributed by atoms with van der Waals surface area (Å²) in [6, 6.07) is 8.86. The Bertz CT molecular complexity index is 759. The Morgan fingerprint density at radius 2 is 2.09 bits per heavy atom. The van der Waals surface area contributed by atoms with Gasteiger partial charge in [-0.2, -0.15) is 10.4 Å². The van der Waals surface area contributed by atoms with Crippen LogP contribution in [0.3, 0.4) is 0 Å². The summed E-state index contributed by atoms with van der Waals surface area (Å²) in [4.78, 5) is 25.4. The number of ether oxygens (including phenoxy) is 1. The molecule has 0 aromatic heterocycles. The smallest absolute Gasteiger partial charge is 0.281 e. The number of amides is 2. The van der Waals surface area contributed by atoms with Crippen LogP contribution in [0.1, 0.15) is 13.8 Å². The van der Waals surface area contributed by atoms with Gasteiger partial charge in [0.05, 0.1) is 12.8 Å². The quantitative estimate of drug-likeness (QED) is 0.674. The van der Waals surface area contributed by atoms with E-state index in [1.165, 1.54) is 6.92 Å². The second kappa shape index (κ2) is 6.75. The number of nitrogens with one attached hydrogen (secondary N) is 1. The maximum Gasteiger partial charge on any atom is 0.281 e. The fourth-order valence-corrected chi connectivity index (χ4v) is 2.16. The van der Waals surface area contributed by atoms with Gasteiger partial charge in [0.15, 0.2) is 5.71 Å². The number of hydrogen-bond acceptors (Lipinski definition) is 6. The highest BCUT2D eigenvalue weighted by atomic mass is 16.5. The van der Waals surface area contributed by atoms with Crippen molar-refractivity contribution in [3.8, 4) is 11.8 Å². The van der Waals surface area contributed by atoms with E-state index in [-0.39, 0.29) is 23.4 Å². The molecule has 7 nitrogen and oxygen atoms in total. The minimum Gasteiger partial charge on any atom is -0.497 e. The number of hydrogen-bond donors (Lipinski definition) is 1. The second-order valence-electron chi connectivity index (χ2n) is 4.77. The molecule has 118 valence electrons. The third-order valence-corrected chi connectivity index (χ3v) is 3.43. The summed E-state index contributed by atoms with van der Waals surface area (Å²) in [6.07, 6.45) is 0. The summed E-state index contributed by atoms with van der Waals surface area (Å²) in [5, 5.41) is 13.2. The van der Waals surface area contributed by atoms with Crippen LogP contribution in [0, 0.1) is 11.3 Å². The standard InChI is InChI=1S/C16H16N4O3/c1-4-20-15(21)13(9-17)10(2)14(16(20)22)19-18-11-6-5-7-12(8-11)23-3/h5-8,18H,4H2,1-3H3/b19-14-. The van der Waals surface area contributed by atoms with Crippen molar-refractivity contribution >= 4 is 23.2 Å². The molecule has 1 aromatic carbocycles. The minimum atomic E-state index is -0.585. The van der Waals surface area contributed by atoms with E-state index >= 15 is 0 Å². The number of nitrogens with zero attached hydrogens (tertiary/aromatic N) is 3. The third kappa shape index (κ3) is 3.06. The molecular formula is C16H16N4O3. The van der Waals surface area contributed by atoms with Gasteiger partial charge in [-0.1, -0.05) is 6.07 Å². The zero-order valence-electron chi connectivity index (χ0n) is 13.1. The average molecular weight is 312 g/mol. The predicted octanol–water partition coefficient (Wildman–Crippen LogP) is 1.69. The summed E-state index contributed by atoms with van der Waals surface area (Å²) < 4.78 is 5.11. The highest BCUT2D eigenvalue weighted by molar-refractivity contribution is 6.50. The molecule has 1 N–H and O–H groups in total. The van der Waals surface area contributed by atoms with Crippen LogP contribution in [-0.2, 0) is 9.59 Å². The Hall–Kier alpha value is -3.14. The number of likely N-dealkylation sites (N-methyl/N-ethyl adjacent to an activating group) is 1. The van der Waals surface area contributed by atoms with E-state index in [9.17, 15) is 9.59 Å². The van der Waals surface area contributed by atoms with Gasteiger partial charge in [-0.05, 0) is 26.0 Å². The van der Waals surface area contributed by atoms with Crippen LogP contribution in [0.4, 0.5) is 5.69 Å². The topological polar surface area (TPSA) is 94.8 Å². The number of rotatable bonds is 4. The summed E-state index contributed by atoms with van der Waals surface area (Å²) in [7, 11) is 1.55. The zero-order chi connectivity index (χ0) is 17.0. The molecule has 0 spiro atoms. The van der Waals surface area contributed by atoms with Crippen molar-refractivity contribution in [2.45, 2.75) is 13.8 Å². The maximum atomic E-state index is 12.3. The molecule has 1 aliphatic heterocycles. The molecule has 1 heterocycles. The van der Waals surface area contributed by atoms with Gasteiger partial charge >= 0.3 is 0 Å². The van der Waals surface area contributed by atoms with Crippen molar-refractivity contribution < 1.29 is 14.3 Å². The van der Waals surface area contributed by atoms with Crippen LogP contribution < -0.4 is 10.2 Å². The zero-order valence-corrected chi connectivity index (χ0v) is 13.1. The van der Waals surface area contributed by atoms with E-state index in [1.54, 1.807) is 38.3 Å². The lowest BCUT2D eigenvalue weighted by atomic mass is 9.99. The Morgan fingerprint density at radius 1 is 1.35 bits per heavy atom. The molecule has 7 heteroatoms. The molecular weight excluding hydrogens is 296 g/mol.